The average Bonchev–Trinajstić information content (AvgIpc) is 2.72. The molecule has 1 aromatic carbocycles. The van der Waals surface area contributed by atoms with Crippen LogP contribution in [-0.4, -0.2) is 46.9 Å². The first kappa shape index (κ1) is 25.0. The molecule has 1 aliphatic heterocycles. The number of hydrogen-bond acceptors (Lipinski definition) is 7. The fourth-order valence-corrected chi connectivity index (χ4v) is 3.09. The standard InChI is InChI=1S/C19H16F7N5O3/c1-17(5-13(19(24,25)26)31-16(27)34-17)10-4-9(2-3-11(10)20)30-15(32)12-6-29-14(7-28-12)33-8-18(21,22)23/h2-4,6-7,13H,5,8H2,1H3,(H2,27,31)(H,30,32)/t13-,17-/m0/s1. The summed E-state index contributed by atoms with van der Waals surface area (Å²) in [7, 11) is 0. The third kappa shape index (κ3) is 6.02. The fourth-order valence-electron chi connectivity index (χ4n) is 3.09. The van der Waals surface area contributed by atoms with Crippen molar-refractivity contribution >= 4 is 17.6 Å². The Labute approximate surface area is 187 Å². The van der Waals surface area contributed by atoms with Crippen molar-refractivity contribution in [1.82, 2.24) is 9.97 Å². The number of aliphatic imine (C=N–C) groups is 1. The third-order valence-electron chi connectivity index (χ3n) is 4.61. The molecule has 15 heteroatoms. The number of carbonyl (C=O) groups is 1. The van der Waals surface area contributed by atoms with E-state index in [4.69, 9.17) is 10.5 Å². The molecule has 0 unspecified atom stereocenters. The number of nitrogens with zero attached hydrogens (tertiary/aromatic N) is 3. The van der Waals surface area contributed by atoms with E-state index in [1.165, 1.54) is 6.92 Å². The molecule has 0 saturated heterocycles. The number of amides is 1. The summed E-state index contributed by atoms with van der Waals surface area (Å²) >= 11 is 0. The topological polar surface area (TPSA) is 112 Å². The summed E-state index contributed by atoms with van der Waals surface area (Å²) in [5, 5.41) is 2.34. The number of halogens is 7. The van der Waals surface area contributed by atoms with Crippen LogP contribution >= 0.6 is 0 Å². The molecule has 0 bridgehead atoms. The maximum Gasteiger partial charge on any atom is 0.422 e. The second-order valence-corrected chi connectivity index (χ2v) is 7.35. The Bertz CT molecular complexity index is 1090. The summed E-state index contributed by atoms with van der Waals surface area (Å²) in [5.74, 6) is -2.27. The second kappa shape index (κ2) is 8.95. The van der Waals surface area contributed by atoms with Crippen molar-refractivity contribution in [1.29, 1.82) is 0 Å². The molecule has 3 N–H and O–H groups in total. The molecule has 2 atom stereocenters. The lowest BCUT2D eigenvalue weighted by atomic mass is 9.87. The molecule has 1 aromatic heterocycles. The molecule has 0 fully saturated rings. The molecular formula is C19H16F7N5O3. The molecule has 1 amide bonds. The predicted molar refractivity (Wildman–Crippen MR) is 102 cm³/mol. The van der Waals surface area contributed by atoms with E-state index >= 15 is 0 Å². The van der Waals surface area contributed by atoms with Gasteiger partial charge >= 0.3 is 12.4 Å². The molecule has 2 heterocycles. The first-order valence-electron chi connectivity index (χ1n) is 9.38. The zero-order valence-corrected chi connectivity index (χ0v) is 17.2. The minimum Gasteiger partial charge on any atom is -0.467 e. The van der Waals surface area contributed by atoms with Crippen molar-refractivity contribution in [3.05, 3.63) is 47.7 Å². The van der Waals surface area contributed by atoms with Crippen LogP contribution in [0.5, 0.6) is 5.88 Å². The number of nitrogens with one attached hydrogen (secondary N) is 1. The van der Waals surface area contributed by atoms with Crippen LogP contribution in [0.3, 0.4) is 0 Å². The first-order valence-corrected chi connectivity index (χ1v) is 9.38. The number of carbonyl (C=O) groups excluding carboxylic acids is 1. The highest BCUT2D eigenvalue weighted by Crippen LogP contribution is 2.41. The van der Waals surface area contributed by atoms with Crippen molar-refractivity contribution < 1.29 is 45.0 Å². The van der Waals surface area contributed by atoms with E-state index in [1.54, 1.807) is 0 Å². The lowest BCUT2D eigenvalue weighted by Gasteiger charge is -2.37. The molecule has 0 saturated carbocycles. The quantitative estimate of drug-likeness (QED) is 0.613. The maximum absolute atomic E-state index is 14.5. The Kier molecular flexibility index (Phi) is 6.57. The first-order chi connectivity index (χ1) is 15.7. The molecule has 0 aliphatic carbocycles. The lowest BCUT2D eigenvalue weighted by Crippen LogP contribution is -2.46. The lowest BCUT2D eigenvalue weighted by molar-refractivity contribution is -0.164. The Morgan fingerprint density at radius 1 is 1.24 bits per heavy atom. The SMILES string of the molecule is C[C@@]1(c2cc(NC(=O)c3cnc(OCC(F)(F)F)cn3)ccc2F)C[C@@H](C(F)(F)F)N=C(N)O1. The van der Waals surface area contributed by atoms with Crippen LogP contribution in [0.2, 0.25) is 0 Å². The van der Waals surface area contributed by atoms with Crippen molar-refractivity contribution in [3.8, 4) is 5.88 Å². The number of hydrogen-bond donors (Lipinski definition) is 2. The number of benzene rings is 1. The van der Waals surface area contributed by atoms with E-state index < -0.39 is 60.6 Å². The normalized spacial score (nSPS) is 20.8. The van der Waals surface area contributed by atoms with Gasteiger partial charge in [-0.2, -0.15) is 26.3 Å². The molecule has 8 nitrogen and oxygen atoms in total. The Balaban J connectivity index is 1.78. The highest BCUT2D eigenvalue weighted by molar-refractivity contribution is 6.02. The summed E-state index contributed by atoms with van der Waals surface area (Å²) in [6.45, 7) is -0.403. The molecule has 0 spiro atoms. The third-order valence-corrected chi connectivity index (χ3v) is 4.61. The summed E-state index contributed by atoms with van der Waals surface area (Å²) in [6, 6.07) is 0.109. The van der Waals surface area contributed by atoms with Gasteiger partial charge in [-0.1, -0.05) is 0 Å². The van der Waals surface area contributed by atoms with Gasteiger partial charge in [0.2, 0.25) is 5.88 Å². The largest absolute Gasteiger partial charge is 0.467 e. The Hall–Kier alpha value is -3.65. The van der Waals surface area contributed by atoms with Gasteiger partial charge in [-0.3, -0.25) is 4.79 Å². The van der Waals surface area contributed by atoms with Gasteiger partial charge in [-0.05, 0) is 25.1 Å². The summed E-state index contributed by atoms with van der Waals surface area (Å²) < 4.78 is 100. The van der Waals surface area contributed by atoms with Crippen LogP contribution in [0.4, 0.5) is 36.4 Å². The zero-order valence-electron chi connectivity index (χ0n) is 17.2. The summed E-state index contributed by atoms with van der Waals surface area (Å²) in [6.07, 6.45) is -8.45. The van der Waals surface area contributed by atoms with Crippen LogP contribution in [-0.2, 0) is 10.3 Å². The predicted octanol–water partition coefficient (Wildman–Crippen LogP) is 3.69. The number of ether oxygens (including phenoxy) is 2. The van der Waals surface area contributed by atoms with Gasteiger partial charge in [0, 0.05) is 17.7 Å². The second-order valence-electron chi connectivity index (χ2n) is 7.35. The van der Waals surface area contributed by atoms with Gasteiger partial charge in [-0.15, -0.1) is 0 Å². The molecular weight excluding hydrogens is 479 g/mol. The Morgan fingerprint density at radius 3 is 2.53 bits per heavy atom. The smallest absolute Gasteiger partial charge is 0.422 e. The van der Waals surface area contributed by atoms with Gasteiger partial charge in [0.05, 0.1) is 12.4 Å². The monoisotopic (exact) mass is 495 g/mol. The minimum atomic E-state index is -4.74. The molecule has 34 heavy (non-hydrogen) atoms. The Morgan fingerprint density at radius 2 is 1.94 bits per heavy atom. The average molecular weight is 495 g/mol. The van der Waals surface area contributed by atoms with Gasteiger partial charge in [-0.25, -0.2) is 19.4 Å². The number of nitrogens with two attached hydrogens (primary N) is 1. The summed E-state index contributed by atoms with van der Waals surface area (Å²) in [5.41, 5.74) is 2.86. The zero-order chi connectivity index (χ0) is 25.3. The van der Waals surface area contributed by atoms with Gasteiger partial charge in [0.25, 0.3) is 11.9 Å². The summed E-state index contributed by atoms with van der Waals surface area (Å²) in [4.78, 5) is 22.8. The van der Waals surface area contributed by atoms with Crippen molar-refractivity contribution in [2.75, 3.05) is 11.9 Å². The highest BCUT2D eigenvalue weighted by Gasteiger charge is 2.49. The van der Waals surface area contributed by atoms with E-state index in [0.29, 0.717) is 0 Å². The molecule has 184 valence electrons. The van der Waals surface area contributed by atoms with E-state index in [-0.39, 0.29) is 16.9 Å². The number of anilines is 1. The van der Waals surface area contributed by atoms with Gasteiger partial charge < -0.3 is 20.5 Å². The van der Waals surface area contributed by atoms with Crippen LogP contribution < -0.4 is 15.8 Å². The highest BCUT2D eigenvalue weighted by atomic mass is 19.4. The van der Waals surface area contributed by atoms with Crippen molar-refractivity contribution in [2.24, 2.45) is 10.7 Å². The molecule has 2 aromatic rings. The molecule has 3 rings (SSSR count). The molecule has 0 radical (unpaired) electrons. The minimum absolute atomic E-state index is 0.0323. The number of alkyl halides is 6. The van der Waals surface area contributed by atoms with Gasteiger partial charge in [0.1, 0.15) is 17.1 Å². The van der Waals surface area contributed by atoms with Crippen LogP contribution in [0.25, 0.3) is 0 Å². The van der Waals surface area contributed by atoms with E-state index in [0.717, 1.165) is 30.6 Å². The van der Waals surface area contributed by atoms with E-state index in [1.807, 2.05) is 0 Å². The van der Waals surface area contributed by atoms with Crippen molar-refractivity contribution in [2.45, 2.75) is 37.3 Å². The number of rotatable bonds is 5. The van der Waals surface area contributed by atoms with Crippen LogP contribution in [0.1, 0.15) is 29.4 Å². The number of aromatic nitrogens is 2. The van der Waals surface area contributed by atoms with E-state index in [9.17, 15) is 35.5 Å². The van der Waals surface area contributed by atoms with E-state index in [2.05, 4.69) is 25.0 Å². The van der Waals surface area contributed by atoms with Crippen LogP contribution in [0, 0.1) is 5.82 Å². The van der Waals surface area contributed by atoms with Crippen LogP contribution in [0.15, 0.2) is 35.6 Å². The maximum atomic E-state index is 14.5. The molecule has 1 aliphatic rings. The fraction of sp³-hybridized carbons (Fsp3) is 0.368. The van der Waals surface area contributed by atoms with Crippen molar-refractivity contribution in [3.63, 3.8) is 0 Å². The number of amidine groups is 1. The van der Waals surface area contributed by atoms with Gasteiger partial charge in [0.15, 0.2) is 12.6 Å².